The molecular formula is C11H14O3. The summed E-state index contributed by atoms with van der Waals surface area (Å²) in [6.45, 7) is 0.900. The smallest absolute Gasteiger partial charge is 0.150 e. The van der Waals surface area contributed by atoms with Crippen LogP contribution in [0.15, 0.2) is 18.2 Å². The Balaban J connectivity index is 3.04. The van der Waals surface area contributed by atoms with Crippen LogP contribution in [-0.2, 0) is 22.7 Å². The lowest BCUT2D eigenvalue weighted by Gasteiger charge is -2.08. The van der Waals surface area contributed by atoms with Gasteiger partial charge >= 0.3 is 0 Å². The standard InChI is InChI=1S/C11H14O3/c1-13-7-9-4-3-5-10(8-14-2)11(9)6-12/h3-6H,7-8H2,1-2H3. The number of hydrogen-bond acceptors (Lipinski definition) is 3. The van der Waals surface area contributed by atoms with Crippen LogP contribution in [0.4, 0.5) is 0 Å². The van der Waals surface area contributed by atoms with Gasteiger partial charge in [0.2, 0.25) is 0 Å². The molecule has 0 spiro atoms. The summed E-state index contributed by atoms with van der Waals surface area (Å²) in [6, 6.07) is 5.66. The number of methoxy groups -OCH3 is 2. The van der Waals surface area contributed by atoms with Gasteiger partial charge in [0.25, 0.3) is 0 Å². The number of rotatable bonds is 5. The third-order valence-electron chi connectivity index (χ3n) is 2.00. The fourth-order valence-electron chi connectivity index (χ4n) is 1.38. The van der Waals surface area contributed by atoms with E-state index in [0.29, 0.717) is 18.8 Å². The van der Waals surface area contributed by atoms with Crippen LogP contribution >= 0.6 is 0 Å². The molecule has 0 aliphatic carbocycles. The first kappa shape index (κ1) is 10.9. The lowest BCUT2D eigenvalue weighted by Crippen LogP contribution is -2.01. The van der Waals surface area contributed by atoms with Gasteiger partial charge < -0.3 is 9.47 Å². The Kier molecular flexibility index (Phi) is 4.29. The van der Waals surface area contributed by atoms with E-state index in [-0.39, 0.29) is 0 Å². The molecule has 0 bridgehead atoms. The Morgan fingerprint density at radius 1 is 1.14 bits per heavy atom. The normalized spacial score (nSPS) is 10.1. The molecule has 0 fully saturated rings. The highest BCUT2D eigenvalue weighted by Crippen LogP contribution is 2.14. The summed E-state index contributed by atoms with van der Waals surface area (Å²) in [4.78, 5) is 10.9. The number of carbonyl (C=O) groups is 1. The summed E-state index contributed by atoms with van der Waals surface area (Å²) in [5.74, 6) is 0. The van der Waals surface area contributed by atoms with Crippen molar-refractivity contribution in [3.05, 3.63) is 34.9 Å². The number of ether oxygens (including phenoxy) is 2. The summed E-state index contributed by atoms with van der Waals surface area (Å²) in [5, 5.41) is 0. The van der Waals surface area contributed by atoms with Crippen molar-refractivity contribution in [1.82, 2.24) is 0 Å². The Morgan fingerprint density at radius 2 is 1.64 bits per heavy atom. The van der Waals surface area contributed by atoms with Crippen LogP contribution in [0.3, 0.4) is 0 Å². The largest absolute Gasteiger partial charge is 0.380 e. The minimum absolute atomic E-state index is 0.450. The second kappa shape index (κ2) is 5.52. The maximum absolute atomic E-state index is 10.9. The van der Waals surface area contributed by atoms with Crippen molar-refractivity contribution in [1.29, 1.82) is 0 Å². The molecule has 0 aliphatic heterocycles. The van der Waals surface area contributed by atoms with Crippen molar-refractivity contribution in [2.24, 2.45) is 0 Å². The highest BCUT2D eigenvalue weighted by molar-refractivity contribution is 5.79. The van der Waals surface area contributed by atoms with Crippen LogP contribution in [0.1, 0.15) is 21.5 Å². The van der Waals surface area contributed by atoms with Gasteiger partial charge in [0.05, 0.1) is 13.2 Å². The average Bonchev–Trinajstić information content (AvgIpc) is 2.19. The third-order valence-corrected chi connectivity index (χ3v) is 2.00. The van der Waals surface area contributed by atoms with E-state index in [4.69, 9.17) is 9.47 Å². The predicted molar refractivity (Wildman–Crippen MR) is 53.3 cm³/mol. The summed E-state index contributed by atoms with van der Waals surface area (Å²) >= 11 is 0. The second-order valence-electron chi connectivity index (χ2n) is 2.97. The Labute approximate surface area is 83.6 Å². The first-order valence-electron chi connectivity index (χ1n) is 4.37. The molecule has 0 aliphatic rings. The van der Waals surface area contributed by atoms with Gasteiger partial charge in [-0.1, -0.05) is 18.2 Å². The van der Waals surface area contributed by atoms with E-state index in [1.54, 1.807) is 14.2 Å². The molecule has 0 radical (unpaired) electrons. The van der Waals surface area contributed by atoms with Gasteiger partial charge in [-0.25, -0.2) is 0 Å². The van der Waals surface area contributed by atoms with E-state index in [2.05, 4.69) is 0 Å². The molecule has 76 valence electrons. The molecule has 0 heterocycles. The second-order valence-corrected chi connectivity index (χ2v) is 2.97. The van der Waals surface area contributed by atoms with Crippen molar-refractivity contribution in [2.75, 3.05) is 14.2 Å². The Morgan fingerprint density at radius 3 is 2.00 bits per heavy atom. The lowest BCUT2D eigenvalue weighted by molar-refractivity contribution is 0.111. The molecule has 3 nitrogen and oxygen atoms in total. The van der Waals surface area contributed by atoms with Gasteiger partial charge in [-0.2, -0.15) is 0 Å². The maximum atomic E-state index is 10.9. The zero-order chi connectivity index (χ0) is 10.4. The van der Waals surface area contributed by atoms with Gasteiger partial charge in [0, 0.05) is 19.8 Å². The summed E-state index contributed by atoms with van der Waals surface area (Å²) in [5.41, 5.74) is 2.48. The topological polar surface area (TPSA) is 35.5 Å². The SMILES string of the molecule is COCc1cccc(COC)c1C=O. The highest BCUT2D eigenvalue weighted by atomic mass is 16.5. The molecule has 0 atom stereocenters. The van der Waals surface area contributed by atoms with E-state index in [0.717, 1.165) is 17.4 Å². The van der Waals surface area contributed by atoms with Crippen molar-refractivity contribution >= 4 is 6.29 Å². The minimum Gasteiger partial charge on any atom is -0.380 e. The number of benzene rings is 1. The van der Waals surface area contributed by atoms with E-state index in [1.165, 1.54) is 0 Å². The van der Waals surface area contributed by atoms with Crippen LogP contribution < -0.4 is 0 Å². The fraction of sp³-hybridized carbons (Fsp3) is 0.364. The highest BCUT2D eigenvalue weighted by Gasteiger charge is 2.06. The van der Waals surface area contributed by atoms with Gasteiger partial charge in [0.15, 0.2) is 6.29 Å². The molecule has 0 amide bonds. The van der Waals surface area contributed by atoms with Crippen molar-refractivity contribution in [3.63, 3.8) is 0 Å². The van der Waals surface area contributed by atoms with Crippen LogP contribution in [0.2, 0.25) is 0 Å². The van der Waals surface area contributed by atoms with Gasteiger partial charge in [-0.3, -0.25) is 4.79 Å². The van der Waals surface area contributed by atoms with Crippen LogP contribution in [-0.4, -0.2) is 20.5 Å². The number of aldehydes is 1. The van der Waals surface area contributed by atoms with Crippen molar-refractivity contribution < 1.29 is 14.3 Å². The minimum atomic E-state index is 0.450. The molecule has 0 aromatic heterocycles. The molecule has 0 N–H and O–H groups in total. The fourth-order valence-corrected chi connectivity index (χ4v) is 1.38. The molecule has 0 unspecified atom stereocenters. The quantitative estimate of drug-likeness (QED) is 0.670. The van der Waals surface area contributed by atoms with Crippen LogP contribution in [0.5, 0.6) is 0 Å². The van der Waals surface area contributed by atoms with E-state index >= 15 is 0 Å². The monoisotopic (exact) mass is 194 g/mol. The Hall–Kier alpha value is -1.19. The first-order valence-corrected chi connectivity index (χ1v) is 4.37. The number of hydrogen-bond donors (Lipinski definition) is 0. The zero-order valence-corrected chi connectivity index (χ0v) is 8.45. The predicted octanol–water partition coefficient (Wildman–Crippen LogP) is 1.79. The van der Waals surface area contributed by atoms with Gasteiger partial charge in [0.1, 0.15) is 0 Å². The maximum Gasteiger partial charge on any atom is 0.150 e. The summed E-state index contributed by atoms with van der Waals surface area (Å²) in [6.07, 6.45) is 0.850. The summed E-state index contributed by atoms with van der Waals surface area (Å²) in [7, 11) is 3.22. The van der Waals surface area contributed by atoms with Gasteiger partial charge in [-0.15, -0.1) is 0 Å². The average molecular weight is 194 g/mol. The molecule has 0 saturated carbocycles. The number of carbonyl (C=O) groups excluding carboxylic acids is 1. The molecule has 0 saturated heterocycles. The van der Waals surface area contributed by atoms with E-state index in [9.17, 15) is 4.79 Å². The molecule has 1 rings (SSSR count). The molecule has 1 aromatic carbocycles. The van der Waals surface area contributed by atoms with E-state index in [1.807, 2.05) is 18.2 Å². The molecule has 3 heteroatoms. The third kappa shape index (κ3) is 2.40. The molecular weight excluding hydrogens is 180 g/mol. The zero-order valence-electron chi connectivity index (χ0n) is 8.45. The van der Waals surface area contributed by atoms with Gasteiger partial charge in [-0.05, 0) is 11.1 Å². The van der Waals surface area contributed by atoms with Crippen LogP contribution in [0.25, 0.3) is 0 Å². The lowest BCUT2D eigenvalue weighted by atomic mass is 10.0. The summed E-state index contributed by atoms with van der Waals surface area (Å²) < 4.78 is 10.0. The van der Waals surface area contributed by atoms with E-state index < -0.39 is 0 Å². The molecule has 1 aromatic rings. The van der Waals surface area contributed by atoms with Crippen LogP contribution in [0, 0.1) is 0 Å². The van der Waals surface area contributed by atoms with Crippen molar-refractivity contribution in [3.8, 4) is 0 Å². The Bertz CT molecular complexity index is 283. The molecule has 14 heavy (non-hydrogen) atoms. The van der Waals surface area contributed by atoms with Crippen molar-refractivity contribution in [2.45, 2.75) is 13.2 Å². The first-order chi connectivity index (χ1) is 6.83.